The second-order valence-electron chi connectivity index (χ2n) is 4.47. The molecule has 0 N–H and O–H groups in total. The Balaban J connectivity index is 2.23. The summed E-state index contributed by atoms with van der Waals surface area (Å²) >= 11 is 0. The molecule has 0 aromatic carbocycles. The van der Waals surface area contributed by atoms with Gasteiger partial charge in [0.1, 0.15) is 5.69 Å². The lowest BCUT2D eigenvalue weighted by Crippen LogP contribution is -2.03. The molecule has 20 heavy (non-hydrogen) atoms. The van der Waals surface area contributed by atoms with Crippen molar-refractivity contribution >= 4 is 5.78 Å². The molecule has 0 bridgehead atoms. The quantitative estimate of drug-likeness (QED) is 0.726. The van der Waals surface area contributed by atoms with E-state index in [0.717, 1.165) is 17.7 Å². The van der Waals surface area contributed by atoms with E-state index in [0.29, 0.717) is 29.1 Å². The average molecular weight is 273 g/mol. The van der Waals surface area contributed by atoms with Crippen molar-refractivity contribution in [2.75, 3.05) is 7.11 Å². The minimum Gasteiger partial charge on any atom is -0.481 e. The Hall–Kier alpha value is -2.44. The number of aryl methyl sites for hydroxylation is 2. The van der Waals surface area contributed by atoms with Crippen LogP contribution in [-0.4, -0.2) is 31.6 Å². The zero-order valence-electron chi connectivity index (χ0n) is 11.8. The van der Waals surface area contributed by atoms with Crippen LogP contribution in [0, 0.1) is 13.8 Å². The van der Waals surface area contributed by atoms with Crippen LogP contribution in [0.2, 0.25) is 0 Å². The molecular weight excluding hydrogens is 258 g/mol. The number of methoxy groups -OCH3 is 1. The Bertz CT molecular complexity index is 775. The largest absolute Gasteiger partial charge is 0.481 e. The van der Waals surface area contributed by atoms with Gasteiger partial charge in [-0.05, 0) is 13.3 Å². The van der Waals surface area contributed by atoms with Crippen molar-refractivity contribution in [3.63, 3.8) is 0 Å². The average Bonchev–Trinajstić information content (AvgIpc) is 3.04. The fourth-order valence-electron chi connectivity index (χ4n) is 2.24. The van der Waals surface area contributed by atoms with Crippen LogP contribution in [0.5, 0.6) is 5.88 Å². The van der Waals surface area contributed by atoms with E-state index in [1.807, 2.05) is 17.5 Å². The van der Waals surface area contributed by atoms with Crippen molar-refractivity contribution in [3.8, 4) is 17.4 Å². The van der Waals surface area contributed by atoms with E-state index in [4.69, 9.17) is 9.26 Å². The number of ether oxygens (including phenoxy) is 1. The van der Waals surface area contributed by atoms with Crippen LogP contribution in [0.4, 0.5) is 0 Å². The summed E-state index contributed by atoms with van der Waals surface area (Å²) in [5.74, 6) is 2.14. The standard InChI is InChI=1S/C13H15N5O2/c1-5-9-7(2)18-6-10(11-14-8(3)20-17-11)15-13(18)16-12(9)19-4/h6H,5H2,1-4H3. The van der Waals surface area contributed by atoms with Crippen molar-refractivity contribution in [2.24, 2.45) is 0 Å². The number of hydrogen-bond donors (Lipinski definition) is 0. The van der Waals surface area contributed by atoms with Crippen LogP contribution in [-0.2, 0) is 6.42 Å². The monoisotopic (exact) mass is 273 g/mol. The molecule has 3 heterocycles. The Kier molecular flexibility index (Phi) is 2.89. The smallest absolute Gasteiger partial charge is 0.237 e. The van der Waals surface area contributed by atoms with E-state index < -0.39 is 0 Å². The highest BCUT2D eigenvalue weighted by molar-refractivity contribution is 5.54. The van der Waals surface area contributed by atoms with Crippen molar-refractivity contribution in [2.45, 2.75) is 27.2 Å². The van der Waals surface area contributed by atoms with E-state index in [-0.39, 0.29) is 0 Å². The maximum absolute atomic E-state index is 5.33. The predicted octanol–water partition coefficient (Wildman–Crippen LogP) is 1.97. The number of hydrogen-bond acceptors (Lipinski definition) is 6. The Labute approximate surface area is 115 Å². The summed E-state index contributed by atoms with van der Waals surface area (Å²) in [4.78, 5) is 13.0. The molecule has 0 aliphatic rings. The van der Waals surface area contributed by atoms with Crippen molar-refractivity contribution in [3.05, 3.63) is 23.3 Å². The first-order chi connectivity index (χ1) is 9.63. The molecule has 3 rings (SSSR count). The summed E-state index contributed by atoms with van der Waals surface area (Å²) in [7, 11) is 1.61. The van der Waals surface area contributed by atoms with Gasteiger partial charge in [-0.1, -0.05) is 12.1 Å². The third-order valence-electron chi connectivity index (χ3n) is 3.25. The van der Waals surface area contributed by atoms with Gasteiger partial charge >= 0.3 is 0 Å². The topological polar surface area (TPSA) is 78.3 Å². The summed E-state index contributed by atoms with van der Waals surface area (Å²) in [6.45, 7) is 5.83. The molecule has 0 spiro atoms. The SMILES string of the molecule is CCc1c(OC)nc2nc(-c3noc(C)n3)cn2c1C. The number of fused-ring (bicyclic) bond motifs is 1. The number of rotatable bonds is 3. The summed E-state index contributed by atoms with van der Waals surface area (Å²) in [6.07, 6.45) is 2.70. The van der Waals surface area contributed by atoms with Crippen LogP contribution in [0.15, 0.2) is 10.7 Å². The van der Waals surface area contributed by atoms with E-state index >= 15 is 0 Å². The number of imidazole rings is 1. The van der Waals surface area contributed by atoms with Crippen LogP contribution in [0.3, 0.4) is 0 Å². The molecule has 0 saturated heterocycles. The normalized spacial score (nSPS) is 11.2. The molecule has 0 saturated carbocycles. The molecule has 3 aromatic rings. The highest BCUT2D eigenvalue weighted by Gasteiger charge is 2.16. The van der Waals surface area contributed by atoms with Gasteiger partial charge in [0.15, 0.2) is 0 Å². The third kappa shape index (κ3) is 1.82. The molecule has 3 aromatic heterocycles. The van der Waals surface area contributed by atoms with Crippen LogP contribution in [0.25, 0.3) is 17.3 Å². The van der Waals surface area contributed by atoms with Gasteiger partial charge < -0.3 is 9.26 Å². The Morgan fingerprint density at radius 2 is 2.05 bits per heavy atom. The minimum atomic E-state index is 0.462. The maximum atomic E-state index is 5.33. The predicted molar refractivity (Wildman–Crippen MR) is 71.7 cm³/mol. The minimum absolute atomic E-state index is 0.462. The Morgan fingerprint density at radius 1 is 1.25 bits per heavy atom. The fourth-order valence-corrected chi connectivity index (χ4v) is 2.24. The zero-order chi connectivity index (χ0) is 14.3. The molecule has 0 amide bonds. The molecule has 7 nitrogen and oxygen atoms in total. The van der Waals surface area contributed by atoms with Gasteiger partial charge in [-0.15, -0.1) is 0 Å². The first kappa shape index (κ1) is 12.6. The lowest BCUT2D eigenvalue weighted by atomic mass is 10.2. The van der Waals surface area contributed by atoms with Gasteiger partial charge in [0, 0.05) is 24.4 Å². The molecule has 0 aliphatic heterocycles. The molecular formula is C13H15N5O2. The highest BCUT2D eigenvalue weighted by Crippen LogP contribution is 2.24. The van der Waals surface area contributed by atoms with E-state index in [9.17, 15) is 0 Å². The first-order valence-electron chi connectivity index (χ1n) is 6.37. The zero-order valence-corrected chi connectivity index (χ0v) is 11.8. The van der Waals surface area contributed by atoms with Gasteiger partial charge in [-0.2, -0.15) is 9.97 Å². The van der Waals surface area contributed by atoms with Crippen LogP contribution >= 0.6 is 0 Å². The van der Waals surface area contributed by atoms with Gasteiger partial charge in [0.05, 0.1) is 7.11 Å². The molecule has 0 radical (unpaired) electrons. The van der Waals surface area contributed by atoms with Crippen molar-refractivity contribution in [1.29, 1.82) is 0 Å². The molecule has 0 aliphatic carbocycles. The molecule has 0 atom stereocenters. The van der Waals surface area contributed by atoms with Crippen LogP contribution < -0.4 is 4.74 Å². The fraction of sp³-hybridized carbons (Fsp3) is 0.385. The van der Waals surface area contributed by atoms with Crippen molar-refractivity contribution < 1.29 is 9.26 Å². The number of nitrogens with zero attached hydrogens (tertiary/aromatic N) is 5. The van der Waals surface area contributed by atoms with E-state index in [2.05, 4.69) is 27.0 Å². The van der Waals surface area contributed by atoms with Gasteiger partial charge in [-0.25, -0.2) is 4.98 Å². The summed E-state index contributed by atoms with van der Waals surface area (Å²) in [5, 5.41) is 3.88. The summed E-state index contributed by atoms with van der Waals surface area (Å²) in [5.41, 5.74) is 2.74. The van der Waals surface area contributed by atoms with Gasteiger partial charge in [-0.3, -0.25) is 4.40 Å². The second-order valence-corrected chi connectivity index (χ2v) is 4.47. The lowest BCUT2D eigenvalue weighted by Gasteiger charge is -2.10. The van der Waals surface area contributed by atoms with Crippen LogP contribution in [0.1, 0.15) is 24.1 Å². The molecule has 7 heteroatoms. The Morgan fingerprint density at radius 3 is 2.65 bits per heavy atom. The highest BCUT2D eigenvalue weighted by atomic mass is 16.5. The second kappa shape index (κ2) is 4.59. The third-order valence-corrected chi connectivity index (χ3v) is 3.25. The first-order valence-corrected chi connectivity index (χ1v) is 6.37. The summed E-state index contributed by atoms with van der Waals surface area (Å²) in [6, 6.07) is 0. The summed E-state index contributed by atoms with van der Waals surface area (Å²) < 4.78 is 12.2. The van der Waals surface area contributed by atoms with E-state index in [1.54, 1.807) is 14.0 Å². The number of aromatic nitrogens is 5. The van der Waals surface area contributed by atoms with E-state index in [1.165, 1.54) is 0 Å². The lowest BCUT2D eigenvalue weighted by molar-refractivity contribution is 0.392. The molecule has 0 fully saturated rings. The van der Waals surface area contributed by atoms with Gasteiger partial charge in [0.25, 0.3) is 0 Å². The van der Waals surface area contributed by atoms with Gasteiger partial charge in [0.2, 0.25) is 23.4 Å². The molecule has 104 valence electrons. The molecule has 0 unspecified atom stereocenters. The van der Waals surface area contributed by atoms with Crippen molar-refractivity contribution in [1.82, 2.24) is 24.5 Å². The maximum Gasteiger partial charge on any atom is 0.237 e.